The second-order valence-electron chi connectivity index (χ2n) is 6.87. The zero-order valence-electron chi connectivity index (χ0n) is 15.4. The molecule has 1 amide bonds. The Morgan fingerprint density at radius 2 is 1.75 bits per heavy atom. The first-order valence-corrected chi connectivity index (χ1v) is 9.26. The van der Waals surface area contributed by atoms with Gasteiger partial charge in [0, 0.05) is 12.5 Å². The van der Waals surface area contributed by atoms with Crippen molar-refractivity contribution >= 4 is 5.91 Å². The van der Waals surface area contributed by atoms with Crippen LogP contribution in [0.3, 0.4) is 0 Å². The van der Waals surface area contributed by atoms with Crippen LogP contribution in [0.5, 0.6) is 5.75 Å². The highest BCUT2D eigenvalue weighted by Gasteiger charge is 2.50. The van der Waals surface area contributed by atoms with Crippen molar-refractivity contribution in [2.45, 2.75) is 43.9 Å². The summed E-state index contributed by atoms with van der Waals surface area (Å²) in [5.41, 5.74) is 0.854. The van der Waals surface area contributed by atoms with Crippen molar-refractivity contribution in [2.24, 2.45) is 0 Å². The number of benzene rings is 2. The highest BCUT2D eigenvalue weighted by molar-refractivity contribution is 5.73. The van der Waals surface area contributed by atoms with Crippen LogP contribution in [-0.4, -0.2) is 48.3 Å². The minimum Gasteiger partial charge on any atom is -0.463 e. The van der Waals surface area contributed by atoms with Gasteiger partial charge in [0.2, 0.25) is 12.2 Å². The summed E-state index contributed by atoms with van der Waals surface area (Å²) in [6, 6.07) is 17.8. The van der Waals surface area contributed by atoms with Crippen molar-refractivity contribution in [3.63, 3.8) is 0 Å². The zero-order valence-corrected chi connectivity index (χ0v) is 15.4. The number of amides is 1. The monoisotopic (exact) mass is 385 g/mol. The number of carbonyl (C=O) groups is 1. The molecule has 2 aromatic rings. The maximum Gasteiger partial charge on any atom is 0.223 e. The van der Waals surface area contributed by atoms with Crippen LogP contribution in [0.2, 0.25) is 0 Å². The fraction of sp³-hybridized carbons (Fsp3) is 0.381. The minimum atomic E-state index is -1.02. The van der Waals surface area contributed by atoms with E-state index in [9.17, 15) is 9.90 Å². The highest BCUT2D eigenvalue weighted by Crippen LogP contribution is 2.34. The number of aliphatic hydroxyl groups is 1. The SMILES string of the molecule is CC(=O)N[C@@H]1[C@H](Oc2ccccc2)O[C@@H]2CO[C@H](c3ccccc3)O[C@H]2[C@@H]1O. The lowest BCUT2D eigenvalue weighted by atomic mass is 9.95. The molecule has 2 fully saturated rings. The van der Waals surface area contributed by atoms with Gasteiger partial charge in [-0.1, -0.05) is 48.5 Å². The molecule has 2 aliphatic heterocycles. The second-order valence-corrected chi connectivity index (χ2v) is 6.87. The Hall–Kier alpha value is -2.45. The summed E-state index contributed by atoms with van der Waals surface area (Å²) >= 11 is 0. The van der Waals surface area contributed by atoms with E-state index < -0.39 is 36.9 Å². The van der Waals surface area contributed by atoms with Gasteiger partial charge in [-0.3, -0.25) is 4.79 Å². The number of hydrogen-bond acceptors (Lipinski definition) is 6. The van der Waals surface area contributed by atoms with E-state index in [-0.39, 0.29) is 12.5 Å². The van der Waals surface area contributed by atoms with Crippen LogP contribution in [-0.2, 0) is 19.0 Å². The van der Waals surface area contributed by atoms with E-state index in [4.69, 9.17) is 18.9 Å². The van der Waals surface area contributed by atoms with Crippen LogP contribution in [0.1, 0.15) is 18.8 Å². The van der Waals surface area contributed by atoms with Gasteiger partial charge in [0.05, 0.1) is 6.61 Å². The Morgan fingerprint density at radius 3 is 2.43 bits per heavy atom. The Balaban J connectivity index is 1.53. The van der Waals surface area contributed by atoms with Gasteiger partial charge in [0.25, 0.3) is 0 Å². The molecule has 7 nitrogen and oxygen atoms in total. The third-order valence-corrected chi connectivity index (χ3v) is 4.80. The summed E-state index contributed by atoms with van der Waals surface area (Å²) in [5.74, 6) is 0.285. The summed E-state index contributed by atoms with van der Waals surface area (Å²) in [5, 5.41) is 13.7. The van der Waals surface area contributed by atoms with E-state index in [0.717, 1.165) is 5.56 Å². The molecule has 0 saturated carbocycles. The predicted octanol–water partition coefficient (Wildman–Crippen LogP) is 1.77. The average Bonchev–Trinajstić information content (AvgIpc) is 2.72. The van der Waals surface area contributed by atoms with E-state index in [0.29, 0.717) is 5.75 Å². The molecule has 0 radical (unpaired) electrons. The number of hydrogen-bond donors (Lipinski definition) is 2. The smallest absolute Gasteiger partial charge is 0.223 e. The van der Waals surface area contributed by atoms with Gasteiger partial charge in [-0.15, -0.1) is 0 Å². The van der Waals surface area contributed by atoms with Crippen molar-refractivity contribution in [3.05, 3.63) is 66.2 Å². The first-order chi connectivity index (χ1) is 13.6. The van der Waals surface area contributed by atoms with Gasteiger partial charge in [-0.05, 0) is 12.1 Å². The molecule has 4 rings (SSSR count). The Kier molecular flexibility index (Phi) is 5.59. The van der Waals surface area contributed by atoms with Crippen LogP contribution in [0.25, 0.3) is 0 Å². The number of ether oxygens (including phenoxy) is 4. The van der Waals surface area contributed by atoms with Gasteiger partial charge in [-0.25, -0.2) is 0 Å². The molecule has 0 aromatic heterocycles. The van der Waals surface area contributed by atoms with Crippen LogP contribution in [0, 0.1) is 0 Å². The van der Waals surface area contributed by atoms with Gasteiger partial charge < -0.3 is 29.4 Å². The maximum atomic E-state index is 11.7. The van der Waals surface area contributed by atoms with E-state index >= 15 is 0 Å². The third-order valence-electron chi connectivity index (χ3n) is 4.80. The van der Waals surface area contributed by atoms with Crippen molar-refractivity contribution in [1.29, 1.82) is 0 Å². The molecule has 6 atom stereocenters. The second kappa shape index (κ2) is 8.28. The Bertz CT molecular complexity index is 786. The Morgan fingerprint density at radius 1 is 1.07 bits per heavy atom. The number of rotatable bonds is 4. The van der Waals surface area contributed by atoms with Crippen LogP contribution in [0.15, 0.2) is 60.7 Å². The molecule has 148 valence electrons. The molecule has 2 heterocycles. The van der Waals surface area contributed by atoms with Crippen LogP contribution >= 0.6 is 0 Å². The molecule has 0 unspecified atom stereocenters. The number of carbonyl (C=O) groups excluding carboxylic acids is 1. The normalized spacial score (nSPS) is 32.2. The topological polar surface area (TPSA) is 86.3 Å². The largest absolute Gasteiger partial charge is 0.463 e. The lowest BCUT2D eigenvalue weighted by molar-refractivity contribution is -0.333. The van der Waals surface area contributed by atoms with Crippen LogP contribution in [0.4, 0.5) is 0 Å². The van der Waals surface area contributed by atoms with Gasteiger partial charge in [0.1, 0.15) is 30.1 Å². The molecule has 0 spiro atoms. The third kappa shape index (κ3) is 4.02. The molecule has 2 N–H and O–H groups in total. The molecule has 7 heteroatoms. The van der Waals surface area contributed by atoms with Crippen molar-refractivity contribution in [3.8, 4) is 5.75 Å². The first kappa shape index (κ1) is 18.9. The lowest BCUT2D eigenvalue weighted by Gasteiger charge is -2.47. The predicted molar refractivity (Wildman–Crippen MR) is 99.4 cm³/mol. The fourth-order valence-electron chi connectivity index (χ4n) is 3.49. The number of fused-ring (bicyclic) bond motifs is 1. The molecular weight excluding hydrogens is 362 g/mol. The molecule has 0 aliphatic carbocycles. The van der Waals surface area contributed by atoms with Gasteiger partial charge in [0.15, 0.2) is 6.29 Å². The minimum absolute atomic E-state index is 0.239. The number of para-hydroxylation sites is 1. The van der Waals surface area contributed by atoms with Crippen molar-refractivity contribution in [2.75, 3.05) is 6.61 Å². The number of aliphatic hydroxyl groups excluding tert-OH is 1. The fourth-order valence-corrected chi connectivity index (χ4v) is 3.49. The molecule has 0 bridgehead atoms. The number of nitrogens with one attached hydrogen (secondary N) is 1. The van der Waals surface area contributed by atoms with Crippen molar-refractivity contribution < 1.29 is 28.8 Å². The van der Waals surface area contributed by atoms with E-state index in [2.05, 4.69) is 5.32 Å². The highest BCUT2D eigenvalue weighted by atomic mass is 16.7. The van der Waals surface area contributed by atoms with E-state index in [1.54, 1.807) is 12.1 Å². The molecule has 2 aromatic carbocycles. The zero-order chi connectivity index (χ0) is 19.5. The summed E-state index contributed by atoms with van der Waals surface area (Å²) in [6.07, 6.45) is -3.68. The standard InChI is InChI=1S/C21H23NO6/c1-13(23)22-17-18(24)19-16(27-21(17)26-15-10-6-3-7-11-15)12-25-20(28-19)14-8-4-2-5-9-14/h2-11,16-21,24H,12H2,1H3,(H,22,23)/t16-,17+,18-,19-,20+,21-/m1/s1. The summed E-state index contributed by atoms with van der Waals surface area (Å²) in [4.78, 5) is 11.7. The van der Waals surface area contributed by atoms with Crippen LogP contribution < -0.4 is 10.1 Å². The summed E-state index contributed by atoms with van der Waals surface area (Å²) in [7, 11) is 0. The first-order valence-electron chi connectivity index (χ1n) is 9.26. The van der Waals surface area contributed by atoms with E-state index in [1.807, 2.05) is 48.5 Å². The summed E-state index contributed by atoms with van der Waals surface area (Å²) < 4.78 is 23.7. The molecule has 2 aliphatic rings. The van der Waals surface area contributed by atoms with Crippen molar-refractivity contribution in [1.82, 2.24) is 5.32 Å². The average molecular weight is 385 g/mol. The maximum absolute atomic E-state index is 11.7. The summed E-state index contributed by atoms with van der Waals surface area (Å²) in [6.45, 7) is 1.62. The Labute approximate surface area is 163 Å². The molecular formula is C21H23NO6. The molecule has 28 heavy (non-hydrogen) atoms. The van der Waals surface area contributed by atoms with Gasteiger partial charge in [-0.2, -0.15) is 0 Å². The quantitative estimate of drug-likeness (QED) is 0.834. The van der Waals surface area contributed by atoms with E-state index in [1.165, 1.54) is 6.92 Å². The lowest BCUT2D eigenvalue weighted by Crippen LogP contribution is -2.67. The molecule has 2 saturated heterocycles. The van der Waals surface area contributed by atoms with Gasteiger partial charge >= 0.3 is 0 Å².